The predicted octanol–water partition coefficient (Wildman–Crippen LogP) is 2.41. The van der Waals surface area contributed by atoms with Crippen LogP contribution in [0.25, 0.3) is 0 Å². The molecule has 1 aliphatic heterocycles. The molecule has 1 amide bonds. The third kappa shape index (κ3) is 3.43. The van der Waals surface area contributed by atoms with Gasteiger partial charge in [0.05, 0.1) is 11.5 Å². The van der Waals surface area contributed by atoms with Crippen LogP contribution < -0.4 is 0 Å². The molecule has 2 atom stereocenters. The molecule has 6 rings (SSSR count). The van der Waals surface area contributed by atoms with Crippen molar-refractivity contribution < 1.29 is 24.0 Å². The summed E-state index contributed by atoms with van der Waals surface area (Å²) in [5, 5.41) is 14.1. The highest BCUT2D eigenvalue weighted by Crippen LogP contribution is 2.60. The van der Waals surface area contributed by atoms with Crippen molar-refractivity contribution in [3.05, 3.63) is 11.7 Å². The van der Waals surface area contributed by atoms with Gasteiger partial charge in [-0.05, 0) is 56.3 Å². The highest BCUT2D eigenvalue weighted by molar-refractivity contribution is 5.89. The molecule has 1 N–H and O–H groups in total. The minimum Gasteiger partial charge on any atom is -0.454 e. The molecule has 1 unspecified atom stereocenters. The Morgan fingerprint density at radius 1 is 1.17 bits per heavy atom. The van der Waals surface area contributed by atoms with Gasteiger partial charge in [0.25, 0.3) is 5.89 Å². The van der Waals surface area contributed by atoms with Crippen LogP contribution in [0.15, 0.2) is 4.52 Å². The highest BCUT2D eigenvalue weighted by Gasteiger charge is 2.57. The quantitative estimate of drug-likeness (QED) is 0.733. The smallest absolute Gasteiger partial charge is 0.329 e. The second-order valence-corrected chi connectivity index (χ2v) is 10.4. The Balaban J connectivity index is 1.27. The van der Waals surface area contributed by atoms with E-state index in [1.54, 1.807) is 4.90 Å². The largest absolute Gasteiger partial charge is 0.454 e. The zero-order valence-corrected chi connectivity index (χ0v) is 17.7. The van der Waals surface area contributed by atoms with Crippen LogP contribution in [0.2, 0.25) is 0 Å². The first kappa shape index (κ1) is 20.0. The first-order valence-corrected chi connectivity index (χ1v) is 11.3. The minimum atomic E-state index is -0.743. The van der Waals surface area contributed by atoms with Gasteiger partial charge in [0.1, 0.15) is 6.04 Å². The Morgan fingerprint density at radius 3 is 2.37 bits per heavy atom. The van der Waals surface area contributed by atoms with E-state index in [0.29, 0.717) is 23.6 Å². The first-order valence-electron chi connectivity index (χ1n) is 11.3. The van der Waals surface area contributed by atoms with Crippen molar-refractivity contribution in [2.45, 2.75) is 83.5 Å². The van der Waals surface area contributed by atoms with E-state index in [4.69, 9.17) is 9.26 Å². The van der Waals surface area contributed by atoms with Crippen molar-refractivity contribution in [3.8, 4) is 0 Å². The van der Waals surface area contributed by atoms with Crippen LogP contribution in [-0.2, 0) is 20.9 Å². The summed E-state index contributed by atoms with van der Waals surface area (Å²) >= 11 is 0. The Kier molecular flexibility index (Phi) is 4.87. The number of aliphatic hydroxyl groups excluding tert-OH is 1. The number of hydrogen-bond acceptors (Lipinski definition) is 7. The van der Waals surface area contributed by atoms with Gasteiger partial charge >= 0.3 is 5.97 Å². The van der Waals surface area contributed by atoms with Crippen LogP contribution in [0.5, 0.6) is 0 Å². The second-order valence-electron chi connectivity index (χ2n) is 10.4. The van der Waals surface area contributed by atoms with E-state index in [2.05, 4.69) is 10.1 Å². The minimum absolute atomic E-state index is 0.0555. The number of nitrogens with zero attached hydrogens (tertiary/aromatic N) is 3. The number of aromatic nitrogens is 2. The molecule has 4 saturated carbocycles. The molecule has 5 fully saturated rings. The van der Waals surface area contributed by atoms with E-state index in [0.717, 1.165) is 19.3 Å². The molecule has 0 spiro atoms. The van der Waals surface area contributed by atoms with Crippen LogP contribution in [0.1, 0.15) is 76.4 Å². The molecule has 164 valence electrons. The number of aliphatic hydroxyl groups is 1. The molecule has 0 radical (unpaired) electrons. The fourth-order valence-electron chi connectivity index (χ4n) is 6.73. The first-order chi connectivity index (χ1) is 14.3. The number of ether oxygens (including phenoxy) is 1. The van der Waals surface area contributed by atoms with Gasteiger partial charge in [0.2, 0.25) is 5.91 Å². The summed E-state index contributed by atoms with van der Waals surface area (Å²) < 4.78 is 10.5. The summed E-state index contributed by atoms with van der Waals surface area (Å²) in [4.78, 5) is 32.3. The number of β-amino-alcohol motifs (C(OH)–C–C–N with tert-alkyl or cyclic N) is 1. The SMILES string of the molecule is CC(C)c1noc(COC(=O)[C@@H]2CC(O)CN2C(=O)C23CC4CC(CC(C4)C2)C3)n1. The van der Waals surface area contributed by atoms with Crippen molar-refractivity contribution in [2.75, 3.05) is 6.54 Å². The Labute approximate surface area is 176 Å². The molecular formula is C22H31N3O5. The van der Waals surface area contributed by atoms with Crippen molar-refractivity contribution >= 4 is 11.9 Å². The van der Waals surface area contributed by atoms with Crippen molar-refractivity contribution in [1.82, 2.24) is 15.0 Å². The standard InChI is InChI=1S/C22H31N3O5/c1-12(2)19-23-18(30-24-19)11-29-20(27)17-6-16(26)10-25(17)21(28)22-7-13-3-14(8-22)5-15(4-13)9-22/h12-17,26H,3-11H2,1-2H3/t13?,14?,15?,16?,17-,22?/m0/s1. The average Bonchev–Trinajstić information content (AvgIpc) is 3.31. The zero-order chi connectivity index (χ0) is 21.0. The summed E-state index contributed by atoms with van der Waals surface area (Å²) in [6, 6.07) is -0.743. The summed E-state index contributed by atoms with van der Waals surface area (Å²) in [6.07, 6.45) is 6.09. The van der Waals surface area contributed by atoms with Crippen LogP contribution in [0, 0.1) is 23.2 Å². The number of esters is 1. The van der Waals surface area contributed by atoms with Crippen molar-refractivity contribution in [2.24, 2.45) is 23.2 Å². The molecule has 2 heterocycles. The number of rotatable bonds is 5. The molecular weight excluding hydrogens is 386 g/mol. The van der Waals surface area contributed by atoms with Crippen molar-refractivity contribution in [3.63, 3.8) is 0 Å². The highest BCUT2D eigenvalue weighted by atomic mass is 16.6. The van der Waals surface area contributed by atoms with E-state index >= 15 is 0 Å². The maximum absolute atomic E-state index is 13.7. The summed E-state index contributed by atoms with van der Waals surface area (Å²) in [5.41, 5.74) is -0.337. The second kappa shape index (κ2) is 7.32. The Hall–Kier alpha value is -1.96. The van der Waals surface area contributed by atoms with E-state index in [9.17, 15) is 14.7 Å². The van der Waals surface area contributed by atoms with Crippen LogP contribution in [0.3, 0.4) is 0 Å². The van der Waals surface area contributed by atoms with Gasteiger partial charge in [-0.15, -0.1) is 0 Å². The third-order valence-electron chi connectivity index (χ3n) is 7.64. The molecule has 1 aromatic heterocycles. The van der Waals surface area contributed by atoms with E-state index in [1.807, 2.05) is 13.8 Å². The van der Waals surface area contributed by atoms with E-state index < -0.39 is 18.1 Å². The Morgan fingerprint density at radius 2 is 1.80 bits per heavy atom. The molecule has 30 heavy (non-hydrogen) atoms. The van der Waals surface area contributed by atoms with Gasteiger partial charge in [-0.25, -0.2) is 4.79 Å². The molecule has 5 aliphatic rings. The molecule has 8 heteroatoms. The number of likely N-dealkylation sites (tertiary alicyclic amines) is 1. The fraction of sp³-hybridized carbons (Fsp3) is 0.818. The predicted molar refractivity (Wildman–Crippen MR) is 105 cm³/mol. The number of carbonyl (C=O) groups is 2. The lowest BCUT2D eigenvalue weighted by Gasteiger charge is -2.56. The lowest BCUT2D eigenvalue weighted by Crippen LogP contribution is -2.56. The summed E-state index contributed by atoms with van der Waals surface area (Å²) in [5.74, 6) is 2.41. The fourth-order valence-corrected chi connectivity index (χ4v) is 6.73. The van der Waals surface area contributed by atoms with Gasteiger partial charge < -0.3 is 19.3 Å². The van der Waals surface area contributed by atoms with Gasteiger partial charge in [-0.1, -0.05) is 19.0 Å². The van der Waals surface area contributed by atoms with Gasteiger partial charge in [-0.3, -0.25) is 4.79 Å². The summed E-state index contributed by atoms with van der Waals surface area (Å²) in [7, 11) is 0. The number of amides is 1. The van der Waals surface area contributed by atoms with Crippen molar-refractivity contribution in [1.29, 1.82) is 0 Å². The lowest BCUT2D eigenvalue weighted by atomic mass is 9.49. The van der Waals surface area contributed by atoms with Gasteiger partial charge in [0.15, 0.2) is 12.4 Å². The summed E-state index contributed by atoms with van der Waals surface area (Å²) in [6.45, 7) is 3.99. The molecule has 4 aliphatic carbocycles. The zero-order valence-electron chi connectivity index (χ0n) is 17.7. The Bertz CT molecular complexity index is 799. The average molecular weight is 418 g/mol. The molecule has 4 bridgehead atoms. The topological polar surface area (TPSA) is 106 Å². The third-order valence-corrected chi connectivity index (χ3v) is 7.64. The van der Waals surface area contributed by atoms with Crippen LogP contribution >= 0.6 is 0 Å². The molecule has 0 aromatic carbocycles. The molecule has 1 aromatic rings. The van der Waals surface area contributed by atoms with Gasteiger partial charge in [-0.2, -0.15) is 4.98 Å². The maximum Gasteiger partial charge on any atom is 0.329 e. The van der Waals surface area contributed by atoms with Crippen LogP contribution in [-0.4, -0.2) is 50.7 Å². The normalized spacial score (nSPS) is 37.2. The maximum atomic E-state index is 13.7. The molecule has 1 saturated heterocycles. The number of carbonyl (C=O) groups excluding carboxylic acids is 2. The van der Waals surface area contributed by atoms with Crippen LogP contribution in [0.4, 0.5) is 0 Å². The van der Waals surface area contributed by atoms with E-state index in [-0.39, 0.29) is 42.7 Å². The number of hydrogen-bond donors (Lipinski definition) is 1. The lowest BCUT2D eigenvalue weighted by molar-refractivity contribution is -0.166. The van der Waals surface area contributed by atoms with E-state index in [1.165, 1.54) is 19.3 Å². The monoisotopic (exact) mass is 417 g/mol. The molecule has 8 nitrogen and oxygen atoms in total. The van der Waals surface area contributed by atoms with Gasteiger partial charge in [0, 0.05) is 18.9 Å².